The van der Waals surface area contributed by atoms with E-state index < -0.39 is 0 Å². The van der Waals surface area contributed by atoms with Crippen molar-refractivity contribution in [3.63, 3.8) is 0 Å². The summed E-state index contributed by atoms with van der Waals surface area (Å²) in [6.45, 7) is 2.05. The molecule has 0 heterocycles. The molecule has 2 heteroatoms. The van der Waals surface area contributed by atoms with E-state index in [4.69, 9.17) is 5.26 Å². The van der Waals surface area contributed by atoms with Crippen LogP contribution in [0.3, 0.4) is 0 Å². The van der Waals surface area contributed by atoms with E-state index in [1.807, 2.05) is 12.1 Å². The fraction of sp³-hybridized carbons (Fsp3) is 0.300. The predicted molar refractivity (Wildman–Crippen MR) is 53.2 cm³/mol. The van der Waals surface area contributed by atoms with Crippen molar-refractivity contribution in [3.8, 4) is 6.07 Å². The molecular weight excluding hydrogens is 214 g/mol. The molecule has 0 spiro atoms. The van der Waals surface area contributed by atoms with E-state index >= 15 is 0 Å². The number of aryl methyl sites for hydroxylation is 1. The van der Waals surface area contributed by atoms with E-state index in [1.54, 1.807) is 0 Å². The van der Waals surface area contributed by atoms with Crippen molar-refractivity contribution >= 4 is 15.9 Å². The lowest BCUT2D eigenvalue weighted by Gasteiger charge is -2.01. The highest BCUT2D eigenvalue weighted by Gasteiger charge is 2.02. The van der Waals surface area contributed by atoms with Crippen LogP contribution in [-0.4, -0.2) is 4.83 Å². The SMILES string of the molecule is Cc1cccc(C[C@H](Br)C#N)c1. The molecule has 0 saturated carbocycles. The second kappa shape index (κ2) is 4.27. The van der Waals surface area contributed by atoms with Crippen LogP contribution in [-0.2, 0) is 6.42 Å². The van der Waals surface area contributed by atoms with Gasteiger partial charge in [0.15, 0.2) is 0 Å². The number of hydrogen-bond donors (Lipinski definition) is 0. The second-order valence-corrected chi connectivity index (χ2v) is 3.90. The summed E-state index contributed by atoms with van der Waals surface area (Å²) in [5, 5.41) is 8.57. The molecule has 0 aromatic heterocycles. The molecule has 0 radical (unpaired) electrons. The number of benzene rings is 1. The molecule has 0 unspecified atom stereocenters. The van der Waals surface area contributed by atoms with E-state index in [1.165, 1.54) is 11.1 Å². The fourth-order valence-electron chi connectivity index (χ4n) is 1.09. The summed E-state index contributed by atoms with van der Waals surface area (Å²) < 4.78 is 0. The maximum absolute atomic E-state index is 8.57. The molecule has 0 fully saturated rings. The standard InChI is InChI=1S/C10H10BrN/c1-8-3-2-4-9(5-8)6-10(11)7-12/h2-5,10H,6H2,1H3/t10-/m0/s1. The Morgan fingerprint density at radius 2 is 2.33 bits per heavy atom. The lowest BCUT2D eigenvalue weighted by molar-refractivity contribution is 1.04. The Labute approximate surface area is 81.2 Å². The van der Waals surface area contributed by atoms with Gasteiger partial charge in [-0.2, -0.15) is 5.26 Å². The summed E-state index contributed by atoms with van der Waals surface area (Å²) in [7, 11) is 0. The first-order chi connectivity index (χ1) is 5.72. The topological polar surface area (TPSA) is 23.8 Å². The number of alkyl halides is 1. The third kappa shape index (κ3) is 2.67. The quantitative estimate of drug-likeness (QED) is 0.708. The molecule has 1 nitrogen and oxygen atoms in total. The zero-order chi connectivity index (χ0) is 8.97. The average Bonchev–Trinajstić information content (AvgIpc) is 2.04. The Morgan fingerprint density at radius 3 is 2.92 bits per heavy atom. The van der Waals surface area contributed by atoms with Crippen LogP contribution in [0.1, 0.15) is 11.1 Å². The zero-order valence-electron chi connectivity index (χ0n) is 6.92. The molecular formula is C10H10BrN. The maximum Gasteiger partial charge on any atom is 0.105 e. The van der Waals surface area contributed by atoms with Gasteiger partial charge in [-0.3, -0.25) is 0 Å². The highest BCUT2D eigenvalue weighted by Crippen LogP contribution is 2.10. The number of rotatable bonds is 2. The summed E-state index contributed by atoms with van der Waals surface area (Å²) in [6, 6.07) is 10.4. The Bertz CT molecular complexity index is 301. The van der Waals surface area contributed by atoms with Gasteiger partial charge in [0.2, 0.25) is 0 Å². The zero-order valence-corrected chi connectivity index (χ0v) is 8.51. The van der Waals surface area contributed by atoms with E-state index in [-0.39, 0.29) is 4.83 Å². The van der Waals surface area contributed by atoms with Gasteiger partial charge < -0.3 is 0 Å². The Hall–Kier alpha value is -0.810. The van der Waals surface area contributed by atoms with Gasteiger partial charge in [-0.05, 0) is 18.9 Å². The van der Waals surface area contributed by atoms with E-state index in [9.17, 15) is 0 Å². The van der Waals surface area contributed by atoms with Gasteiger partial charge in [0.1, 0.15) is 4.83 Å². The van der Waals surface area contributed by atoms with E-state index in [2.05, 4.69) is 41.1 Å². The molecule has 1 atom stereocenters. The van der Waals surface area contributed by atoms with Crippen LogP contribution < -0.4 is 0 Å². The van der Waals surface area contributed by atoms with Crippen LogP contribution in [0.2, 0.25) is 0 Å². The fourth-order valence-corrected chi connectivity index (χ4v) is 1.47. The molecule has 0 aliphatic carbocycles. The van der Waals surface area contributed by atoms with Gasteiger partial charge in [0.25, 0.3) is 0 Å². The summed E-state index contributed by atoms with van der Waals surface area (Å²) >= 11 is 3.28. The molecule has 0 amide bonds. The van der Waals surface area contributed by atoms with Crippen molar-refractivity contribution in [2.45, 2.75) is 18.2 Å². The number of halogens is 1. The normalized spacial score (nSPS) is 12.1. The summed E-state index contributed by atoms with van der Waals surface area (Å²) in [5.74, 6) is 0. The van der Waals surface area contributed by atoms with Crippen LogP contribution in [0.25, 0.3) is 0 Å². The molecule has 12 heavy (non-hydrogen) atoms. The summed E-state index contributed by atoms with van der Waals surface area (Å²) in [4.78, 5) is -0.0701. The first-order valence-corrected chi connectivity index (χ1v) is 4.73. The Kier molecular flexibility index (Phi) is 3.31. The van der Waals surface area contributed by atoms with Crippen molar-refractivity contribution in [2.75, 3.05) is 0 Å². The molecule has 0 bridgehead atoms. The molecule has 0 aliphatic heterocycles. The van der Waals surface area contributed by atoms with Crippen molar-refractivity contribution < 1.29 is 0 Å². The van der Waals surface area contributed by atoms with E-state index in [0.29, 0.717) is 0 Å². The molecule has 1 aromatic carbocycles. The van der Waals surface area contributed by atoms with Gasteiger partial charge in [-0.25, -0.2) is 0 Å². The molecule has 1 aromatic rings. The van der Waals surface area contributed by atoms with Gasteiger partial charge in [-0.1, -0.05) is 45.8 Å². The number of nitrogens with zero attached hydrogens (tertiary/aromatic N) is 1. The summed E-state index contributed by atoms with van der Waals surface area (Å²) in [6.07, 6.45) is 0.776. The highest BCUT2D eigenvalue weighted by molar-refractivity contribution is 9.09. The smallest absolute Gasteiger partial charge is 0.105 e. The maximum atomic E-state index is 8.57. The highest BCUT2D eigenvalue weighted by atomic mass is 79.9. The van der Waals surface area contributed by atoms with E-state index in [0.717, 1.165) is 6.42 Å². The molecule has 1 rings (SSSR count). The van der Waals surface area contributed by atoms with Gasteiger partial charge in [0.05, 0.1) is 6.07 Å². The third-order valence-electron chi connectivity index (χ3n) is 1.64. The number of hydrogen-bond acceptors (Lipinski definition) is 1. The largest absolute Gasteiger partial charge is 0.197 e. The first kappa shape index (κ1) is 9.28. The van der Waals surface area contributed by atoms with Crippen molar-refractivity contribution in [2.24, 2.45) is 0 Å². The minimum Gasteiger partial charge on any atom is -0.197 e. The molecule has 0 aliphatic rings. The van der Waals surface area contributed by atoms with Crippen molar-refractivity contribution in [3.05, 3.63) is 35.4 Å². The van der Waals surface area contributed by atoms with Crippen LogP contribution in [0.5, 0.6) is 0 Å². The average molecular weight is 224 g/mol. The number of nitriles is 1. The molecule has 62 valence electrons. The Balaban J connectivity index is 2.71. The Morgan fingerprint density at radius 1 is 1.58 bits per heavy atom. The monoisotopic (exact) mass is 223 g/mol. The minimum atomic E-state index is -0.0701. The summed E-state index contributed by atoms with van der Waals surface area (Å²) in [5.41, 5.74) is 2.45. The van der Waals surface area contributed by atoms with Crippen LogP contribution in [0.4, 0.5) is 0 Å². The first-order valence-electron chi connectivity index (χ1n) is 3.81. The molecule has 0 saturated heterocycles. The van der Waals surface area contributed by atoms with Crippen molar-refractivity contribution in [1.29, 1.82) is 5.26 Å². The van der Waals surface area contributed by atoms with Crippen LogP contribution in [0, 0.1) is 18.3 Å². The minimum absolute atomic E-state index is 0.0701. The van der Waals surface area contributed by atoms with Crippen LogP contribution in [0.15, 0.2) is 24.3 Å². The van der Waals surface area contributed by atoms with Gasteiger partial charge in [-0.15, -0.1) is 0 Å². The van der Waals surface area contributed by atoms with Gasteiger partial charge >= 0.3 is 0 Å². The van der Waals surface area contributed by atoms with Gasteiger partial charge in [0, 0.05) is 0 Å². The second-order valence-electron chi connectivity index (χ2n) is 2.79. The lowest BCUT2D eigenvalue weighted by atomic mass is 10.1. The predicted octanol–water partition coefficient (Wildman–Crippen LogP) is 2.82. The molecule has 0 N–H and O–H groups in total. The van der Waals surface area contributed by atoms with Crippen LogP contribution >= 0.6 is 15.9 Å². The third-order valence-corrected chi connectivity index (χ3v) is 2.17. The lowest BCUT2D eigenvalue weighted by Crippen LogP contribution is -1.98. The van der Waals surface area contributed by atoms with Crippen molar-refractivity contribution in [1.82, 2.24) is 0 Å².